The molecule has 1 N–H and O–H groups in total. The Morgan fingerprint density at radius 2 is 1.94 bits per heavy atom. The molecule has 1 aromatic carbocycles. The fourth-order valence-electron chi connectivity index (χ4n) is 1.28. The van der Waals surface area contributed by atoms with Crippen LogP contribution in [0.4, 0.5) is 0 Å². The van der Waals surface area contributed by atoms with E-state index in [0.29, 0.717) is 12.5 Å². The maximum Gasteiger partial charge on any atom is 0.142 e. The van der Waals surface area contributed by atoms with Crippen molar-refractivity contribution in [2.24, 2.45) is 0 Å². The lowest BCUT2D eigenvalue weighted by Crippen LogP contribution is -2.28. The Balaban J connectivity index is 2.47. The zero-order chi connectivity index (χ0) is 11.8. The SMILES string of the molecule is C=CCN(CC=C)COc1cccc(O)c1. The fraction of sp³-hybridized carbons (Fsp3) is 0.231. The second-order valence-electron chi connectivity index (χ2n) is 3.38. The summed E-state index contributed by atoms with van der Waals surface area (Å²) in [6.07, 6.45) is 3.63. The minimum Gasteiger partial charge on any atom is -0.508 e. The molecule has 0 aromatic heterocycles. The molecule has 16 heavy (non-hydrogen) atoms. The summed E-state index contributed by atoms with van der Waals surface area (Å²) in [7, 11) is 0. The van der Waals surface area contributed by atoms with Gasteiger partial charge >= 0.3 is 0 Å². The molecule has 0 unspecified atom stereocenters. The molecule has 0 fully saturated rings. The lowest BCUT2D eigenvalue weighted by atomic mass is 10.3. The van der Waals surface area contributed by atoms with E-state index in [9.17, 15) is 5.11 Å². The van der Waals surface area contributed by atoms with Crippen LogP contribution in [0.1, 0.15) is 0 Å². The second kappa shape index (κ2) is 6.69. The maximum atomic E-state index is 9.26. The number of phenolic OH excluding ortho intramolecular Hbond substituents is 1. The summed E-state index contributed by atoms with van der Waals surface area (Å²) in [4.78, 5) is 2.03. The average molecular weight is 219 g/mol. The van der Waals surface area contributed by atoms with Crippen LogP contribution in [0, 0.1) is 0 Å². The third-order valence-electron chi connectivity index (χ3n) is 2.01. The number of phenols is 1. The van der Waals surface area contributed by atoms with Gasteiger partial charge < -0.3 is 9.84 Å². The van der Waals surface area contributed by atoms with E-state index in [2.05, 4.69) is 13.2 Å². The van der Waals surface area contributed by atoms with Gasteiger partial charge in [-0.25, -0.2) is 0 Å². The van der Waals surface area contributed by atoms with E-state index in [-0.39, 0.29) is 5.75 Å². The van der Waals surface area contributed by atoms with Crippen molar-refractivity contribution in [3.05, 3.63) is 49.6 Å². The number of benzene rings is 1. The molecule has 0 aliphatic rings. The second-order valence-corrected chi connectivity index (χ2v) is 3.38. The molecule has 3 nitrogen and oxygen atoms in total. The molecule has 0 saturated carbocycles. The molecular weight excluding hydrogens is 202 g/mol. The Bertz CT molecular complexity index is 340. The normalized spacial score (nSPS) is 10.1. The third-order valence-corrected chi connectivity index (χ3v) is 2.01. The van der Waals surface area contributed by atoms with Gasteiger partial charge in [0.2, 0.25) is 0 Å². The summed E-state index contributed by atoms with van der Waals surface area (Å²) < 4.78 is 5.52. The predicted molar refractivity (Wildman–Crippen MR) is 65.6 cm³/mol. The molecule has 0 aliphatic heterocycles. The van der Waals surface area contributed by atoms with E-state index >= 15 is 0 Å². The van der Waals surface area contributed by atoms with E-state index in [0.717, 1.165) is 13.1 Å². The highest BCUT2D eigenvalue weighted by molar-refractivity contribution is 5.31. The van der Waals surface area contributed by atoms with Gasteiger partial charge in [0, 0.05) is 19.2 Å². The highest BCUT2D eigenvalue weighted by Crippen LogP contribution is 2.17. The Morgan fingerprint density at radius 1 is 1.25 bits per heavy atom. The van der Waals surface area contributed by atoms with Crippen LogP contribution in [0.25, 0.3) is 0 Å². The van der Waals surface area contributed by atoms with Crippen LogP contribution in [0.5, 0.6) is 11.5 Å². The number of aromatic hydroxyl groups is 1. The molecule has 3 heteroatoms. The summed E-state index contributed by atoms with van der Waals surface area (Å²) in [6.45, 7) is 9.29. The van der Waals surface area contributed by atoms with Gasteiger partial charge in [-0.1, -0.05) is 18.2 Å². The van der Waals surface area contributed by atoms with Gasteiger partial charge in [0.15, 0.2) is 0 Å². The molecule has 0 amide bonds. The van der Waals surface area contributed by atoms with Crippen LogP contribution in [0.3, 0.4) is 0 Å². The van der Waals surface area contributed by atoms with E-state index in [4.69, 9.17) is 4.74 Å². The quantitative estimate of drug-likeness (QED) is 0.564. The van der Waals surface area contributed by atoms with Crippen LogP contribution in [-0.4, -0.2) is 29.8 Å². The van der Waals surface area contributed by atoms with Gasteiger partial charge in [-0.2, -0.15) is 0 Å². The monoisotopic (exact) mass is 219 g/mol. The van der Waals surface area contributed by atoms with Crippen molar-refractivity contribution in [1.29, 1.82) is 0 Å². The Morgan fingerprint density at radius 3 is 2.50 bits per heavy atom. The maximum absolute atomic E-state index is 9.26. The highest BCUT2D eigenvalue weighted by atomic mass is 16.5. The van der Waals surface area contributed by atoms with Gasteiger partial charge in [0.1, 0.15) is 18.2 Å². The Kier molecular flexibility index (Phi) is 5.16. The number of hydrogen-bond donors (Lipinski definition) is 1. The van der Waals surface area contributed by atoms with Gasteiger partial charge in [-0.3, -0.25) is 4.90 Å². The number of ether oxygens (including phenoxy) is 1. The third kappa shape index (κ3) is 4.19. The number of hydrogen-bond acceptors (Lipinski definition) is 3. The molecule has 0 saturated heterocycles. The molecule has 86 valence electrons. The topological polar surface area (TPSA) is 32.7 Å². The van der Waals surface area contributed by atoms with Crippen LogP contribution in [0.15, 0.2) is 49.6 Å². The van der Waals surface area contributed by atoms with Gasteiger partial charge in [-0.15, -0.1) is 13.2 Å². The molecule has 1 rings (SSSR count). The standard InChI is InChI=1S/C13H17NO2/c1-3-8-14(9-4-2)11-16-13-7-5-6-12(15)10-13/h3-7,10,15H,1-2,8-9,11H2. The molecule has 0 spiro atoms. The van der Waals surface area contributed by atoms with Crippen molar-refractivity contribution in [1.82, 2.24) is 4.90 Å². The van der Waals surface area contributed by atoms with Gasteiger partial charge in [0.25, 0.3) is 0 Å². The smallest absolute Gasteiger partial charge is 0.142 e. The van der Waals surface area contributed by atoms with Crippen molar-refractivity contribution < 1.29 is 9.84 Å². The average Bonchev–Trinajstić information content (AvgIpc) is 2.27. The van der Waals surface area contributed by atoms with Crippen molar-refractivity contribution in [2.45, 2.75) is 0 Å². The molecule has 0 heterocycles. The number of nitrogens with zero attached hydrogens (tertiary/aromatic N) is 1. The number of rotatable bonds is 7. The Labute approximate surface area is 96.3 Å². The molecular formula is C13H17NO2. The van der Waals surface area contributed by atoms with E-state index in [1.54, 1.807) is 24.3 Å². The molecule has 0 atom stereocenters. The van der Waals surface area contributed by atoms with Crippen molar-refractivity contribution >= 4 is 0 Å². The first-order chi connectivity index (χ1) is 7.76. The minimum absolute atomic E-state index is 0.205. The van der Waals surface area contributed by atoms with Crippen LogP contribution >= 0.6 is 0 Å². The Hall–Kier alpha value is -1.74. The summed E-state index contributed by atoms with van der Waals surface area (Å²) >= 11 is 0. The predicted octanol–water partition coefficient (Wildman–Crippen LogP) is 2.40. The first-order valence-electron chi connectivity index (χ1n) is 5.12. The molecule has 0 bridgehead atoms. The summed E-state index contributed by atoms with van der Waals surface area (Å²) in [5.41, 5.74) is 0. The summed E-state index contributed by atoms with van der Waals surface area (Å²) in [5, 5.41) is 9.26. The van der Waals surface area contributed by atoms with Gasteiger partial charge in [0.05, 0.1) is 0 Å². The largest absolute Gasteiger partial charge is 0.508 e. The molecule has 0 aliphatic carbocycles. The van der Waals surface area contributed by atoms with Gasteiger partial charge in [-0.05, 0) is 12.1 Å². The zero-order valence-corrected chi connectivity index (χ0v) is 9.30. The fourth-order valence-corrected chi connectivity index (χ4v) is 1.28. The van der Waals surface area contributed by atoms with Crippen LogP contribution < -0.4 is 4.74 Å². The zero-order valence-electron chi connectivity index (χ0n) is 9.30. The summed E-state index contributed by atoms with van der Waals surface area (Å²) in [6, 6.07) is 6.74. The van der Waals surface area contributed by atoms with Crippen LogP contribution in [-0.2, 0) is 0 Å². The lowest BCUT2D eigenvalue weighted by molar-refractivity contribution is 0.150. The highest BCUT2D eigenvalue weighted by Gasteiger charge is 2.01. The molecule has 1 aromatic rings. The summed E-state index contributed by atoms with van der Waals surface area (Å²) in [5.74, 6) is 0.856. The first-order valence-corrected chi connectivity index (χ1v) is 5.12. The van der Waals surface area contributed by atoms with Crippen LogP contribution in [0.2, 0.25) is 0 Å². The van der Waals surface area contributed by atoms with Crippen molar-refractivity contribution in [3.8, 4) is 11.5 Å². The lowest BCUT2D eigenvalue weighted by Gasteiger charge is -2.19. The van der Waals surface area contributed by atoms with E-state index in [1.165, 1.54) is 0 Å². The molecule has 0 radical (unpaired) electrons. The first kappa shape index (κ1) is 12.3. The van der Waals surface area contributed by atoms with Crippen molar-refractivity contribution in [2.75, 3.05) is 19.8 Å². The van der Waals surface area contributed by atoms with Crippen molar-refractivity contribution in [3.63, 3.8) is 0 Å². The van der Waals surface area contributed by atoms with E-state index < -0.39 is 0 Å². The van der Waals surface area contributed by atoms with E-state index in [1.807, 2.05) is 17.1 Å². The minimum atomic E-state index is 0.205.